The largest absolute Gasteiger partial charge is 0.459 e. The third-order valence-corrected chi connectivity index (χ3v) is 6.67. The number of carbonyl (C=O) groups excluding carboxylic acids is 4. The number of nitrogens with zero attached hydrogens (tertiary/aromatic N) is 2. The first-order chi connectivity index (χ1) is 22.3. The Kier molecular flexibility index (Phi) is 9.58. The van der Waals surface area contributed by atoms with Crippen LogP contribution in [0.25, 0.3) is 0 Å². The van der Waals surface area contributed by atoms with Crippen molar-refractivity contribution < 1.29 is 28.0 Å². The summed E-state index contributed by atoms with van der Waals surface area (Å²) in [4.78, 5) is 49.5. The van der Waals surface area contributed by atoms with Crippen molar-refractivity contribution in [3.05, 3.63) is 143 Å². The summed E-state index contributed by atoms with van der Waals surface area (Å²) in [5.74, 6) is -1.22. The van der Waals surface area contributed by atoms with Gasteiger partial charge in [-0.05, 0) is 97.8 Å². The average Bonchev–Trinajstić information content (AvgIpc) is 3.82. The second-order valence-electron chi connectivity index (χ2n) is 9.87. The normalized spacial score (nSPS) is 11.4. The van der Waals surface area contributed by atoms with Crippen LogP contribution in [0.15, 0.2) is 129 Å². The van der Waals surface area contributed by atoms with E-state index >= 15 is 0 Å². The summed E-state index contributed by atoms with van der Waals surface area (Å²) in [7, 11) is 0. The molecule has 12 nitrogen and oxygen atoms in total. The molecule has 4 amide bonds. The summed E-state index contributed by atoms with van der Waals surface area (Å²) in [5.41, 5.74) is 9.38. The molecule has 0 aliphatic rings. The van der Waals surface area contributed by atoms with Gasteiger partial charge in [0.2, 0.25) is 0 Å². The number of anilines is 2. The molecule has 230 valence electrons. The summed E-state index contributed by atoms with van der Waals surface area (Å²) in [6, 6.07) is 26.4. The third kappa shape index (κ3) is 7.88. The first-order valence-electron chi connectivity index (χ1n) is 14.0. The van der Waals surface area contributed by atoms with Gasteiger partial charge in [0, 0.05) is 22.5 Å². The van der Waals surface area contributed by atoms with Gasteiger partial charge >= 0.3 is 0 Å². The van der Waals surface area contributed by atoms with Crippen LogP contribution in [0.2, 0.25) is 0 Å². The zero-order chi connectivity index (χ0) is 32.5. The fraction of sp³-hybridized carbons (Fsp3) is 0.0588. The maximum absolute atomic E-state index is 12.6. The fourth-order valence-corrected chi connectivity index (χ4v) is 4.09. The number of carbonyl (C=O) groups is 4. The van der Waals surface area contributed by atoms with Crippen molar-refractivity contribution in [2.24, 2.45) is 10.2 Å². The van der Waals surface area contributed by atoms with E-state index in [-0.39, 0.29) is 23.3 Å². The number of hydrogen-bond donors (Lipinski definition) is 4. The molecule has 2 heterocycles. The monoisotopic (exact) mass is 616 g/mol. The Hall–Kier alpha value is -6.56. The van der Waals surface area contributed by atoms with Crippen LogP contribution < -0.4 is 21.5 Å². The Morgan fingerprint density at radius 2 is 0.826 bits per heavy atom. The zero-order valence-electron chi connectivity index (χ0n) is 24.7. The van der Waals surface area contributed by atoms with Crippen molar-refractivity contribution in [2.75, 3.05) is 10.6 Å². The van der Waals surface area contributed by atoms with Gasteiger partial charge in [0.1, 0.15) is 0 Å². The van der Waals surface area contributed by atoms with Gasteiger partial charge < -0.3 is 19.5 Å². The molecular weight excluding hydrogens is 588 g/mol. The van der Waals surface area contributed by atoms with Crippen molar-refractivity contribution in [3.63, 3.8) is 0 Å². The molecule has 0 aliphatic heterocycles. The predicted octanol–water partition coefficient (Wildman–Crippen LogP) is 5.69. The smallest absolute Gasteiger partial charge is 0.291 e. The lowest BCUT2D eigenvalue weighted by atomic mass is 10.1. The standard InChI is InChI=1S/C34H28N6O6/c1-21(23-11-15-27(16-12-23)35-33(43)29-5-3-19-45-29)37-39-31(41)25-7-9-26(10-8-25)32(42)40-38-22(2)24-13-17-28(18-14-24)36-34(44)30-6-4-20-46-30/h3-20H,1-2H3,(H,35,43)(H,36,44)(H,39,41)(H,40,42). The summed E-state index contributed by atoms with van der Waals surface area (Å²) < 4.78 is 10.2. The average molecular weight is 617 g/mol. The molecule has 46 heavy (non-hydrogen) atoms. The molecule has 2 aromatic heterocycles. The molecule has 0 atom stereocenters. The second-order valence-corrected chi connectivity index (χ2v) is 9.87. The Labute approximate surface area is 263 Å². The molecule has 0 radical (unpaired) electrons. The quantitative estimate of drug-likeness (QED) is 0.116. The summed E-state index contributed by atoms with van der Waals surface area (Å²) >= 11 is 0. The topological polar surface area (TPSA) is 167 Å². The zero-order valence-corrected chi connectivity index (χ0v) is 24.7. The number of furan rings is 2. The van der Waals surface area contributed by atoms with Crippen LogP contribution in [0.4, 0.5) is 11.4 Å². The van der Waals surface area contributed by atoms with Gasteiger partial charge in [-0.2, -0.15) is 10.2 Å². The molecule has 0 saturated carbocycles. The molecule has 0 spiro atoms. The Balaban J connectivity index is 1.11. The SMILES string of the molecule is CC(=NNC(=O)c1ccc(C(=O)NN=C(C)c2ccc(NC(=O)c3ccco3)cc2)cc1)c1ccc(NC(=O)c2ccco2)cc1. The van der Waals surface area contributed by atoms with Crippen molar-refractivity contribution in [2.45, 2.75) is 13.8 Å². The lowest BCUT2D eigenvalue weighted by Crippen LogP contribution is -2.21. The predicted molar refractivity (Wildman–Crippen MR) is 172 cm³/mol. The lowest BCUT2D eigenvalue weighted by molar-refractivity contribution is 0.0943. The molecule has 0 fully saturated rings. The van der Waals surface area contributed by atoms with E-state index in [2.05, 4.69) is 31.7 Å². The molecule has 5 aromatic rings. The Bertz CT molecular complexity index is 1750. The highest BCUT2D eigenvalue weighted by molar-refractivity contribution is 6.05. The summed E-state index contributed by atoms with van der Waals surface area (Å²) in [6.45, 7) is 3.48. The van der Waals surface area contributed by atoms with Crippen LogP contribution >= 0.6 is 0 Å². The molecular formula is C34H28N6O6. The number of nitrogens with one attached hydrogen (secondary N) is 4. The van der Waals surface area contributed by atoms with E-state index in [0.717, 1.165) is 11.1 Å². The highest BCUT2D eigenvalue weighted by Crippen LogP contribution is 2.14. The number of hydrogen-bond acceptors (Lipinski definition) is 8. The first-order valence-corrected chi connectivity index (χ1v) is 14.0. The molecule has 4 N–H and O–H groups in total. The minimum Gasteiger partial charge on any atom is -0.459 e. The molecule has 12 heteroatoms. The van der Waals surface area contributed by atoms with E-state index in [1.165, 1.54) is 36.8 Å². The Morgan fingerprint density at radius 1 is 0.478 bits per heavy atom. The van der Waals surface area contributed by atoms with E-state index in [1.807, 2.05) is 0 Å². The van der Waals surface area contributed by atoms with Gasteiger partial charge in [0.15, 0.2) is 11.5 Å². The Morgan fingerprint density at radius 3 is 1.15 bits per heavy atom. The summed E-state index contributed by atoms with van der Waals surface area (Å²) in [5, 5.41) is 13.8. The van der Waals surface area contributed by atoms with Gasteiger partial charge in [-0.1, -0.05) is 24.3 Å². The first kappa shape index (κ1) is 30.9. The van der Waals surface area contributed by atoms with Gasteiger partial charge in [0.05, 0.1) is 23.9 Å². The number of benzene rings is 3. The van der Waals surface area contributed by atoms with Crippen molar-refractivity contribution in [3.8, 4) is 0 Å². The van der Waals surface area contributed by atoms with Crippen molar-refractivity contribution in [1.82, 2.24) is 10.9 Å². The van der Waals surface area contributed by atoms with E-state index in [9.17, 15) is 19.2 Å². The number of hydrazone groups is 2. The number of rotatable bonds is 10. The lowest BCUT2D eigenvalue weighted by Gasteiger charge is -2.07. The molecule has 0 unspecified atom stereocenters. The van der Waals surface area contributed by atoms with Gasteiger partial charge in [0.25, 0.3) is 23.6 Å². The molecule has 0 aliphatic carbocycles. The fourth-order valence-electron chi connectivity index (χ4n) is 4.09. The van der Waals surface area contributed by atoms with Crippen molar-refractivity contribution >= 4 is 46.4 Å². The minimum absolute atomic E-state index is 0.205. The maximum atomic E-state index is 12.6. The van der Waals surface area contributed by atoms with Crippen LogP contribution in [0.5, 0.6) is 0 Å². The van der Waals surface area contributed by atoms with Crippen LogP contribution in [0.3, 0.4) is 0 Å². The second kappa shape index (κ2) is 14.3. The molecule has 0 saturated heterocycles. The van der Waals surface area contributed by atoms with E-state index < -0.39 is 11.8 Å². The molecule has 5 rings (SSSR count). The van der Waals surface area contributed by atoms with Crippen LogP contribution in [0.1, 0.15) is 66.8 Å². The van der Waals surface area contributed by atoms with Gasteiger partial charge in [-0.15, -0.1) is 0 Å². The minimum atomic E-state index is -0.452. The van der Waals surface area contributed by atoms with Crippen LogP contribution in [-0.2, 0) is 0 Å². The van der Waals surface area contributed by atoms with Gasteiger partial charge in [-0.25, -0.2) is 10.9 Å². The van der Waals surface area contributed by atoms with Crippen molar-refractivity contribution in [1.29, 1.82) is 0 Å². The third-order valence-electron chi connectivity index (χ3n) is 6.67. The molecule has 0 bridgehead atoms. The molecule has 3 aromatic carbocycles. The highest BCUT2D eigenvalue weighted by atomic mass is 16.3. The van der Waals surface area contributed by atoms with Crippen LogP contribution in [-0.4, -0.2) is 35.1 Å². The van der Waals surface area contributed by atoms with E-state index in [1.54, 1.807) is 86.6 Å². The maximum Gasteiger partial charge on any atom is 0.291 e. The van der Waals surface area contributed by atoms with Gasteiger partial charge in [-0.3, -0.25) is 19.2 Å². The van der Waals surface area contributed by atoms with Crippen LogP contribution in [0, 0.1) is 0 Å². The summed E-state index contributed by atoms with van der Waals surface area (Å²) in [6.07, 6.45) is 2.85. The number of amides is 4. The van der Waals surface area contributed by atoms with E-state index in [0.29, 0.717) is 33.9 Å². The highest BCUT2D eigenvalue weighted by Gasteiger charge is 2.12. The van der Waals surface area contributed by atoms with E-state index in [4.69, 9.17) is 8.83 Å².